The molecule has 1 N–H and O–H groups in total. The van der Waals surface area contributed by atoms with Crippen LogP contribution in [0.4, 0.5) is 0 Å². The van der Waals surface area contributed by atoms with Crippen LogP contribution in [0, 0.1) is 0 Å². The molecule has 14 heavy (non-hydrogen) atoms. The minimum atomic E-state index is -2.73. The van der Waals surface area contributed by atoms with Gasteiger partial charge in [-0.25, -0.2) is 8.42 Å². The van der Waals surface area contributed by atoms with Gasteiger partial charge in [0.1, 0.15) is 0 Å². The Morgan fingerprint density at radius 1 is 1.50 bits per heavy atom. The quantitative estimate of drug-likeness (QED) is 0.692. The molecule has 0 radical (unpaired) electrons. The molecule has 0 spiro atoms. The number of nitrogens with zero attached hydrogens (tertiary/aromatic N) is 1. The predicted molar refractivity (Wildman–Crippen MR) is 58.2 cm³/mol. The van der Waals surface area contributed by atoms with Crippen molar-refractivity contribution >= 4 is 9.84 Å². The third-order valence-corrected chi connectivity index (χ3v) is 4.47. The van der Waals surface area contributed by atoms with E-state index >= 15 is 0 Å². The first-order chi connectivity index (χ1) is 6.53. The van der Waals surface area contributed by atoms with Gasteiger partial charge < -0.3 is 10.2 Å². The number of likely N-dealkylation sites (N-methyl/N-ethyl adjacent to an activating group) is 1. The van der Waals surface area contributed by atoms with Crippen molar-refractivity contribution in [2.75, 3.05) is 38.2 Å². The maximum atomic E-state index is 11.1. The lowest BCUT2D eigenvalue weighted by Crippen LogP contribution is -2.36. The maximum Gasteiger partial charge on any atom is 0.151 e. The highest BCUT2D eigenvalue weighted by Gasteiger charge is 2.26. The standard InChI is InChI=1S/C9H20N2O2S/c1-3-11(2)6-5-10-9-4-7-14(12,13)8-9/h9-10H,3-8H2,1-2H3. The van der Waals surface area contributed by atoms with E-state index in [9.17, 15) is 8.42 Å². The maximum absolute atomic E-state index is 11.1. The van der Waals surface area contributed by atoms with Crippen LogP contribution < -0.4 is 5.32 Å². The Bertz CT molecular complexity index is 264. The summed E-state index contributed by atoms with van der Waals surface area (Å²) in [6, 6.07) is 0.185. The van der Waals surface area contributed by atoms with Crippen molar-refractivity contribution < 1.29 is 8.42 Å². The molecule has 1 saturated heterocycles. The summed E-state index contributed by atoms with van der Waals surface area (Å²) in [6.45, 7) is 5.00. The van der Waals surface area contributed by atoms with E-state index in [-0.39, 0.29) is 6.04 Å². The van der Waals surface area contributed by atoms with Gasteiger partial charge in [0, 0.05) is 19.1 Å². The van der Waals surface area contributed by atoms with Crippen LogP contribution in [0.15, 0.2) is 0 Å². The van der Waals surface area contributed by atoms with Gasteiger partial charge in [-0.2, -0.15) is 0 Å². The van der Waals surface area contributed by atoms with Crippen LogP contribution in [0.2, 0.25) is 0 Å². The zero-order chi connectivity index (χ0) is 10.6. The van der Waals surface area contributed by atoms with Crippen molar-refractivity contribution in [3.63, 3.8) is 0 Å². The van der Waals surface area contributed by atoms with Crippen LogP contribution in [0.1, 0.15) is 13.3 Å². The molecule has 5 heteroatoms. The molecule has 1 atom stereocenters. The van der Waals surface area contributed by atoms with Gasteiger partial charge in [-0.1, -0.05) is 6.92 Å². The molecule has 0 aromatic heterocycles. The molecule has 84 valence electrons. The van der Waals surface area contributed by atoms with E-state index in [0.717, 1.165) is 26.1 Å². The van der Waals surface area contributed by atoms with Gasteiger partial charge in [0.2, 0.25) is 0 Å². The first-order valence-corrected chi connectivity index (χ1v) is 6.98. The second-order valence-corrected chi connectivity index (χ2v) is 6.18. The Hall–Kier alpha value is -0.130. The molecule has 1 aliphatic heterocycles. The van der Waals surface area contributed by atoms with Crippen molar-refractivity contribution in [2.24, 2.45) is 0 Å². The predicted octanol–water partition coefficient (Wildman–Crippen LogP) is -0.285. The minimum absolute atomic E-state index is 0.185. The van der Waals surface area contributed by atoms with Crippen LogP contribution in [0.5, 0.6) is 0 Å². The highest BCUT2D eigenvalue weighted by Crippen LogP contribution is 2.10. The molecule has 0 amide bonds. The van der Waals surface area contributed by atoms with E-state index in [2.05, 4.69) is 24.2 Å². The zero-order valence-corrected chi connectivity index (χ0v) is 9.81. The lowest BCUT2D eigenvalue weighted by atomic mass is 10.2. The second-order valence-electron chi connectivity index (χ2n) is 3.95. The minimum Gasteiger partial charge on any atom is -0.312 e. The number of hydrogen-bond donors (Lipinski definition) is 1. The van der Waals surface area contributed by atoms with Gasteiger partial charge in [-0.05, 0) is 20.0 Å². The third kappa shape index (κ3) is 3.94. The van der Waals surface area contributed by atoms with Crippen molar-refractivity contribution in [1.29, 1.82) is 0 Å². The van der Waals surface area contributed by atoms with Gasteiger partial charge in [0.05, 0.1) is 11.5 Å². The summed E-state index contributed by atoms with van der Waals surface area (Å²) in [5.41, 5.74) is 0. The van der Waals surface area contributed by atoms with E-state index in [1.54, 1.807) is 0 Å². The zero-order valence-electron chi connectivity index (χ0n) is 8.99. The topological polar surface area (TPSA) is 49.4 Å². The number of rotatable bonds is 5. The lowest BCUT2D eigenvalue weighted by Gasteiger charge is -2.16. The van der Waals surface area contributed by atoms with Crippen LogP contribution in [-0.4, -0.2) is 57.5 Å². The molecule has 0 saturated carbocycles. The molecule has 0 bridgehead atoms. The molecule has 0 aromatic carbocycles. The first-order valence-electron chi connectivity index (χ1n) is 5.16. The Morgan fingerprint density at radius 2 is 2.21 bits per heavy atom. The molecular weight excluding hydrogens is 200 g/mol. The summed E-state index contributed by atoms with van der Waals surface area (Å²) in [5, 5.41) is 3.28. The molecule has 1 unspecified atom stereocenters. The van der Waals surface area contributed by atoms with Gasteiger partial charge >= 0.3 is 0 Å². The Balaban J connectivity index is 2.15. The van der Waals surface area contributed by atoms with Crippen LogP contribution in [0.25, 0.3) is 0 Å². The van der Waals surface area contributed by atoms with Crippen molar-refractivity contribution in [1.82, 2.24) is 10.2 Å². The fourth-order valence-electron chi connectivity index (χ4n) is 1.57. The van der Waals surface area contributed by atoms with Crippen molar-refractivity contribution in [3.8, 4) is 0 Å². The van der Waals surface area contributed by atoms with Crippen LogP contribution in [-0.2, 0) is 9.84 Å². The summed E-state index contributed by atoms with van der Waals surface area (Å²) in [6.07, 6.45) is 0.776. The van der Waals surface area contributed by atoms with E-state index in [4.69, 9.17) is 0 Å². The number of sulfone groups is 1. The summed E-state index contributed by atoms with van der Waals surface area (Å²) in [7, 11) is -0.665. The Morgan fingerprint density at radius 3 is 2.71 bits per heavy atom. The Kier molecular flexibility index (Phi) is 4.34. The van der Waals surface area contributed by atoms with Gasteiger partial charge in [0.15, 0.2) is 9.84 Å². The summed E-state index contributed by atoms with van der Waals surface area (Å²) < 4.78 is 22.3. The number of hydrogen-bond acceptors (Lipinski definition) is 4. The molecule has 1 aliphatic rings. The molecule has 0 aromatic rings. The normalized spacial score (nSPS) is 25.8. The van der Waals surface area contributed by atoms with Crippen LogP contribution in [0.3, 0.4) is 0 Å². The molecule has 1 rings (SSSR count). The highest BCUT2D eigenvalue weighted by molar-refractivity contribution is 7.91. The van der Waals surface area contributed by atoms with E-state index < -0.39 is 9.84 Å². The molecule has 1 fully saturated rings. The number of nitrogens with one attached hydrogen (secondary N) is 1. The smallest absolute Gasteiger partial charge is 0.151 e. The van der Waals surface area contributed by atoms with E-state index in [1.807, 2.05) is 0 Å². The fraction of sp³-hybridized carbons (Fsp3) is 1.00. The van der Waals surface area contributed by atoms with Gasteiger partial charge in [-0.3, -0.25) is 0 Å². The van der Waals surface area contributed by atoms with Crippen molar-refractivity contribution in [3.05, 3.63) is 0 Å². The average molecular weight is 220 g/mol. The second kappa shape index (κ2) is 5.09. The largest absolute Gasteiger partial charge is 0.312 e. The monoisotopic (exact) mass is 220 g/mol. The summed E-state index contributed by atoms with van der Waals surface area (Å²) in [4.78, 5) is 2.20. The SMILES string of the molecule is CCN(C)CCNC1CCS(=O)(=O)C1. The molecule has 4 nitrogen and oxygen atoms in total. The fourth-order valence-corrected chi connectivity index (χ4v) is 3.28. The van der Waals surface area contributed by atoms with E-state index in [1.165, 1.54) is 0 Å². The molecule has 0 aliphatic carbocycles. The third-order valence-electron chi connectivity index (χ3n) is 2.70. The van der Waals surface area contributed by atoms with Crippen molar-refractivity contribution in [2.45, 2.75) is 19.4 Å². The van der Waals surface area contributed by atoms with E-state index in [0.29, 0.717) is 11.5 Å². The van der Waals surface area contributed by atoms with Gasteiger partial charge in [0.25, 0.3) is 0 Å². The Labute approximate surface area is 86.6 Å². The van der Waals surface area contributed by atoms with Gasteiger partial charge in [-0.15, -0.1) is 0 Å². The molecular formula is C9H20N2O2S. The summed E-state index contributed by atoms with van der Waals surface area (Å²) in [5.74, 6) is 0.678. The van der Waals surface area contributed by atoms with Crippen LogP contribution >= 0.6 is 0 Å². The average Bonchev–Trinajstić information content (AvgIpc) is 2.45. The first kappa shape index (κ1) is 11.9. The lowest BCUT2D eigenvalue weighted by molar-refractivity contribution is 0.342. The molecule has 1 heterocycles. The highest BCUT2D eigenvalue weighted by atomic mass is 32.2. The summed E-state index contributed by atoms with van der Waals surface area (Å²) >= 11 is 0.